The number of carbonyl (C=O) groups is 1. The fraction of sp³-hybridized carbons (Fsp3) is 0.286. The maximum atomic E-state index is 14.0. The van der Waals surface area contributed by atoms with E-state index in [0.29, 0.717) is 34.8 Å². The zero-order valence-corrected chi connectivity index (χ0v) is 20.6. The van der Waals surface area contributed by atoms with Crippen molar-refractivity contribution in [3.8, 4) is 34.6 Å². The number of nitrogens with zero attached hydrogens (tertiary/aromatic N) is 5. The summed E-state index contributed by atoms with van der Waals surface area (Å²) in [6, 6.07) is 9.94. The van der Waals surface area contributed by atoms with Crippen LogP contribution in [0.15, 0.2) is 48.8 Å². The lowest BCUT2D eigenvalue weighted by molar-refractivity contribution is -0.130. The maximum absolute atomic E-state index is 14.0. The van der Waals surface area contributed by atoms with E-state index >= 15 is 0 Å². The second-order valence-corrected chi connectivity index (χ2v) is 9.66. The molecule has 1 spiro atoms. The van der Waals surface area contributed by atoms with Gasteiger partial charge in [0.05, 0.1) is 11.4 Å². The van der Waals surface area contributed by atoms with Gasteiger partial charge in [0.15, 0.2) is 17.2 Å². The molecule has 2 N–H and O–H groups in total. The van der Waals surface area contributed by atoms with E-state index in [1.165, 1.54) is 12.4 Å². The van der Waals surface area contributed by atoms with Gasteiger partial charge < -0.3 is 15.4 Å². The Morgan fingerprint density at radius 3 is 2.63 bits per heavy atom. The molecule has 1 aliphatic heterocycles. The molecule has 6 rings (SSSR count). The molecular weight excluding hydrogens is 490 g/mol. The number of aromatic nitrogens is 4. The number of hydrogen-bond donors (Lipinski definition) is 1. The van der Waals surface area contributed by atoms with Gasteiger partial charge in [-0.1, -0.05) is 5.92 Å². The fourth-order valence-corrected chi connectivity index (χ4v) is 5.22. The molecule has 192 valence electrons. The minimum Gasteiger partial charge on any atom is -0.454 e. The highest BCUT2D eigenvalue weighted by molar-refractivity contribution is 5.98. The first-order valence-electron chi connectivity index (χ1n) is 12.3. The molecule has 1 saturated carbocycles. The molecule has 4 aromatic rings. The molecule has 1 saturated heterocycles. The first-order chi connectivity index (χ1) is 18.4. The second-order valence-electron chi connectivity index (χ2n) is 9.66. The van der Waals surface area contributed by atoms with Gasteiger partial charge in [-0.05, 0) is 74.9 Å². The van der Waals surface area contributed by atoms with Gasteiger partial charge in [0.2, 0.25) is 0 Å². The molecule has 38 heavy (non-hydrogen) atoms. The standard InChI is InChI=1S/C28H24F2N6O2/c1-2-3-23(37)35-15-19(10-11-28(35)12-13-28)36-27-24(26(31)32-16-33-27)25(34-36)17-4-7-20(8-5-17)38-22-9-6-18(29)14-21(22)30/h4-9,14,16,19H,10-13,15H2,1H3,(H2,31,32,33)/t19-/m1/s1. The van der Waals surface area contributed by atoms with Crippen LogP contribution in [-0.2, 0) is 4.79 Å². The average Bonchev–Trinajstić information content (AvgIpc) is 3.56. The summed E-state index contributed by atoms with van der Waals surface area (Å²) in [5.74, 6) is 4.39. The van der Waals surface area contributed by atoms with E-state index in [1.807, 2.05) is 9.58 Å². The van der Waals surface area contributed by atoms with Gasteiger partial charge >= 0.3 is 0 Å². The third-order valence-electron chi connectivity index (χ3n) is 7.33. The zero-order valence-electron chi connectivity index (χ0n) is 20.6. The number of benzene rings is 2. The molecule has 2 aromatic carbocycles. The average molecular weight is 515 g/mol. The zero-order chi connectivity index (χ0) is 26.4. The van der Waals surface area contributed by atoms with Crippen molar-refractivity contribution in [3.63, 3.8) is 0 Å². The molecule has 1 amide bonds. The van der Waals surface area contributed by atoms with Crippen LogP contribution in [0, 0.1) is 23.5 Å². The fourth-order valence-electron chi connectivity index (χ4n) is 5.22. The smallest absolute Gasteiger partial charge is 0.298 e. The van der Waals surface area contributed by atoms with Crippen LogP contribution < -0.4 is 10.5 Å². The van der Waals surface area contributed by atoms with Crippen LogP contribution in [0.4, 0.5) is 14.6 Å². The number of fused-ring (bicyclic) bond motifs is 1. The first kappa shape index (κ1) is 23.9. The lowest BCUT2D eigenvalue weighted by Gasteiger charge is -2.39. The van der Waals surface area contributed by atoms with Crippen LogP contribution in [0.1, 0.15) is 38.6 Å². The van der Waals surface area contributed by atoms with Gasteiger partial charge in [0.25, 0.3) is 5.91 Å². The van der Waals surface area contributed by atoms with Crippen molar-refractivity contribution in [2.24, 2.45) is 0 Å². The van der Waals surface area contributed by atoms with E-state index in [0.717, 1.165) is 43.4 Å². The summed E-state index contributed by atoms with van der Waals surface area (Å²) in [7, 11) is 0. The summed E-state index contributed by atoms with van der Waals surface area (Å²) in [6.45, 7) is 2.15. The van der Waals surface area contributed by atoms with Gasteiger partial charge in [-0.3, -0.25) is 4.79 Å². The summed E-state index contributed by atoms with van der Waals surface area (Å²) in [5, 5.41) is 5.52. The third kappa shape index (κ3) is 4.10. The molecule has 1 atom stereocenters. The Bertz CT molecular complexity index is 1620. The summed E-state index contributed by atoms with van der Waals surface area (Å²) < 4.78 is 34.6. The first-order valence-corrected chi connectivity index (χ1v) is 12.3. The Morgan fingerprint density at radius 2 is 1.92 bits per heavy atom. The van der Waals surface area contributed by atoms with Gasteiger partial charge in [-0.15, -0.1) is 0 Å². The summed E-state index contributed by atoms with van der Waals surface area (Å²) >= 11 is 0. The van der Waals surface area contributed by atoms with E-state index in [9.17, 15) is 13.6 Å². The summed E-state index contributed by atoms with van der Waals surface area (Å²) in [6.07, 6.45) is 5.11. The Labute approximate surface area is 217 Å². The molecule has 1 aliphatic carbocycles. The summed E-state index contributed by atoms with van der Waals surface area (Å²) in [5.41, 5.74) is 8.12. The molecule has 0 radical (unpaired) electrons. The highest BCUT2D eigenvalue weighted by Gasteiger charge is 2.53. The number of nitrogen functional groups attached to an aromatic ring is 1. The highest BCUT2D eigenvalue weighted by Crippen LogP contribution is 2.50. The van der Waals surface area contributed by atoms with Gasteiger partial charge in [0.1, 0.15) is 29.4 Å². The number of hydrogen-bond acceptors (Lipinski definition) is 6. The van der Waals surface area contributed by atoms with Crippen molar-refractivity contribution in [2.75, 3.05) is 12.3 Å². The molecule has 3 heterocycles. The third-order valence-corrected chi connectivity index (χ3v) is 7.33. The van der Waals surface area contributed by atoms with Crippen molar-refractivity contribution >= 4 is 22.8 Å². The predicted octanol–water partition coefficient (Wildman–Crippen LogP) is 4.87. The van der Waals surface area contributed by atoms with Crippen molar-refractivity contribution in [2.45, 2.75) is 44.2 Å². The van der Waals surface area contributed by atoms with E-state index in [-0.39, 0.29) is 23.2 Å². The normalized spacial score (nSPS) is 17.8. The lowest BCUT2D eigenvalue weighted by atomic mass is 9.96. The maximum Gasteiger partial charge on any atom is 0.298 e. The predicted molar refractivity (Wildman–Crippen MR) is 137 cm³/mol. The number of likely N-dealkylation sites (tertiary alicyclic amines) is 1. The van der Waals surface area contributed by atoms with E-state index in [4.69, 9.17) is 15.6 Å². The van der Waals surface area contributed by atoms with Crippen molar-refractivity contribution in [1.82, 2.24) is 24.6 Å². The Hall–Kier alpha value is -4.52. The molecule has 10 heteroatoms. The van der Waals surface area contributed by atoms with Crippen LogP contribution in [0.2, 0.25) is 0 Å². The Morgan fingerprint density at radius 1 is 1.13 bits per heavy atom. The van der Waals surface area contributed by atoms with Crippen LogP contribution >= 0.6 is 0 Å². The number of halogens is 2. The number of nitrogens with two attached hydrogens (primary N) is 1. The molecule has 8 nitrogen and oxygen atoms in total. The van der Waals surface area contributed by atoms with Crippen LogP contribution in [0.5, 0.6) is 11.5 Å². The topological polar surface area (TPSA) is 99.2 Å². The van der Waals surface area contributed by atoms with E-state index in [2.05, 4.69) is 21.8 Å². The quantitative estimate of drug-likeness (QED) is 0.391. The van der Waals surface area contributed by atoms with Gasteiger partial charge in [-0.2, -0.15) is 5.10 Å². The minimum atomic E-state index is -0.790. The van der Waals surface area contributed by atoms with Crippen LogP contribution in [0.25, 0.3) is 22.3 Å². The highest BCUT2D eigenvalue weighted by atomic mass is 19.1. The summed E-state index contributed by atoms with van der Waals surface area (Å²) in [4.78, 5) is 23.4. The van der Waals surface area contributed by atoms with Gasteiger partial charge in [0, 0.05) is 23.7 Å². The molecule has 0 bridgehead atoms. The molecule has 0 unspecified atom stereocenters. The molecule has 2 fully saturated rings. The number of piperidine rings is 1. The minimum absolute atomic E-state index is 0.0795. The molecule has 2 aliphatic rings. The second kappa shape index (κ2) is 9.10. The van der Waals surface area contributed by atoms with Crippen molar-refractivity contribution in [1.29, 1.82) is 0 Å². The number of anilines is 1. The van der Waals surface area contributed by atoms with Crippen molar-refractivity contribution in [3.05, 3.63) is 60.4 Å². The van der Waals surface area contributed by atoms with Crippen LogP contribution in [-0.4, -0.2) is 42.6 Å². The Balaban J connectivity index is 1.34. The number of ether oxygens (including phenoxy) is 1. The molecule has 2 aromatic heterocycles. The monoisotopic (exact) mass is 514 g/mol. The van der Waals surface area contributed by atoms with Gasteiger partial charge in [-0.25, -0.2) is 23.4 Å². The Kier molecular flexibility index (Phi) is 5.71. The van der Waals surface area contributed by atoms with Crippen LogP contribution in [0.3, 0.4) is 0 Å². The number of carbonyl (C=O) groups excluding carboxylic acids is 1. The SMILES string of the molecule is CC#CC(=O)N1C[C@H](n2nc(-c3ccc(Oc4ccc(F)cc4F)cc3)c3c(N)ncnc32)CCC12CC2. The van der Waals surface area contributed by atoms with E-state index < -0.39 is 11.6 Å². The number of rotatable bonds is 4. The van der Waals surface area contributed by atoms with E-state index in [1.54, 1.807) is 31.2 Å². The lowest BCUT2D eigenvalue weighted by Crippen LogP contribution is -2.48. The molecular formula is C28H24F2N6O2. The largest absolute Gasteiger partial charge is 0.454 e. The van der Waals surface area contributed by atoms with Crippen molar-refractivity contribution < 1.29 is 18.3 Å². The number of amides is 1.